The predicted molar refractivity (Wildman–Crippen MR) is 100.0 cm³/mol. The number of rotatable bonds is 11. The van der Waals surface area contributed by atoms with Crippen LogP contribution in [0.1, 0.15) is 57.2 Å². The zero-order valence-electron chi connectivity index (χ0n) is 16.3. The lowest BCUT2D eigenvalue weighted by atomic mass is 9.92. The number of aromatic nitrogens is 2. The average molecular weight is 430 g/mol. The number of carbonyl (C=O) groups is 2. The minimum atomic E-state index is -3.02. The summed E-state index contributed by atoms with van der Waals surface area (Å²) in [6.07, 6.45) is 3.15. The summed E-state index contributed by atoms with van der Waals surface area (Å²) in [4.78, 5) is 30.3. The van der Waals surface area contributed by atoms with Gasteiger partial charge in [-0.3, -0.25) is 25.6 Å². The van der Waals surface area contributed by atoms with Crippen LogP contribution >= 0.6 is 0 Å². The molecule has 2 aliphatic carbocycles. The third-order valence-corrected chi connectivity index (χ3v) is 5.28. The number of hydrogen-bond donors (Lipinski definition) is 4. The predicted octanol–water partition coefficient (Wildman–Crippen LogP) is 2.61. The van der Waals surface area contributed by atoms with Crippen LogP contribution < -0.4 is 16.2 Å². The number of halogens is 3. The molecule has 0 unspecified atom stereocenters. The molecule has 1 aromatic rings. The van der Waals surface area contributed by atoms with E-state index in [0.717, 1.165) is 38.5 Å². The van der Waals surface area contributed by atoms with Crippen molar-refractivity contribution < 1.29 is 28.0 Å². The molecular weight excluding hydrogens is 405 g/mol. The summed E-state index contributed by atoms with van der Waals surface area (Å²) in [7, 11) is 0. The minimum Gasteiger partial charge on any atom is -0.365 e. The fourth-order valence-electron chi connectivity index (χ4n) is 3.57. The van der Waals surface area contributed by atoms with Gasteiger partial charge in [-0.2, -0.15) is 4.39 Å². The molecule has 0 radical (unpaired) electrons. The van der Waals surface area contributed by atoms with Crippen molar-refractivity contribution in [1.82, 2.24) is 20.5 Å². The van der Waals surface area contributed by atoms with E-state index >= 15 is 0 Å². The molecule has 2 fully saturated rings. The summed E-state index contributed by atoms with van der Waals surface area (Å²) in [5.41, 5.74) is 4.51. The number of nitrogens with one attached hydrogen (secondary N) is 3. The summed E-state index contributed by atoms with van der Waals surface area (Å²) in [6.45, 7) is -0.240. The molecule has 0 aliphatic heterocycles. The van der Waals surface area contributed by atoms with Crippen LogP contribution in [0.5, 0.6) is 0 Å². The quantitative estimate of drug-likeness (QED) is 0.242. The summed E-state index contributed by atoms with van der Waals surface area (Å²) < 4.78 is 40.8. The first kappa shape index (κ1) is 22.1. The molecule has 0 aromatic carbocycles. The maximum Gasteiger partial charge on any atom is 0.297 e. The molecule has 1 heterocycles. The summed E-state index contributed by atoms with van der Waals surface area (Å²) in [5.74, 6) is -3.92. The molecule has 9 nitrogen and oxygen atoms in total. The van der Waals surface area contributed by atoms with E-state index in [0.29, 0.717) is 11.5 Å². The molecule has 166 valence electrons. The SMILES string of the molecule is O=CN(O)C[C@H](CC1CCCC1)C(=O)NNc1nc(C(F)F)nc(NC2CC2)c1F. The van der Waals surface area contributed by atoms with Crippen molar-refractivity contribution >= 4 is 24.0 Å². The van der Waals surface area contributed by atoms with Crippen LogP contribution in [-0.4, -0.2) is 45.1 Å². The van der Waals surface area contributed by atoms with E-state index in [1.165, 1.54) is 0 Å². The number of amides is 2. The molecule has 12 heteroatoms. The Morgan fingerprint density at radius 2 is 1.87 bits per heavy atom. The smallest absolute Gasteiger partial charge is 0.297 e. The fourth-order valence-corrected chi connectivity index (χ4v) is 3.57. The standard InChI is InChI=1S/C18H25F3N6O3/c19-13-15(22-12-5-6-12)23-17(14(20)21)24-16(13)25-26-18(29)11(8-27(30)9-28)7-10-3-1-2-4-10/h9-12,14,30H,1-8H2,(H,26,29)(H2,22,23,24,25)/t11-/m0/s1. The van der Waals surface area contributed by atoms with Gasteiger partial charge < -0.3 is 5.32 Å². The molecule has 0 spiro atoms. The summed E-state index contributed by atoms with van der Waals surface area (Å²) >= 11 is 0. The summed E-state index contributed by atoms with van der Waals surface area (Å²) in [5, 5.41) is 12.6. The highest BCUT2D eigenvalue weighted by Gasteiger charge is 2.29. The molecule has 1 aromatic heterocycles. The van der Waals surface area contributed by atoms with Gasteiger partial charge in [0.2, 0.25) is 18.1 Å². The van der Waals surface area contributed by atoms with Crippen LogP contribution in [-0.2, 0) is 9.59 Å². The second-order valence-electron chi connectivity index (χ2n) is 7.74. The third kappa shape index (κ3) is 5.94. The molecule has 0 bridgehead atoms. The van der Waals surface area contributed by atoms with Crippen molar-refractivity contribution in [2.45, 2.75) is 57.4 Å². The van der Waals surface area contributed by atoms with E-state index in [4.69, 9.17) is 0 Å². The first-order valence-corrected chi connectivity index (χ1v) is 9.96. The molecule has 2 aliphatic rings. The highest BCUT2D eigenvalue weighted by atomic mass is 19.3. The molecule has 0 saturated heterocycles. The summed E-state index contributed by atoms with van der Waals surface area (Å²) in [6, 6.07) is -0.0305. The van der Waals surface area contributed by atoms with Crippen molar-refractivity contribution in [3.05, 3.63) is 11.6 Å². The Balaban J connectivity index is 1.69. The Bertz CT molecular complexity index is 759. The van der Waals surface area contributed by atoms with Gasteiger partial charge in [0.1, 0.15) is 0 Å². The van der Waals surface area contributed by atoms with Gasteiger partial charge in [-0.25, -0.2) is 23.8 Å². The number of hydrogen-bond acceptors (Lipinski definition) is 7. The normalized spacial score (nSPS) is 17.6. The van der Waals surface area contributed by atoms with E-state index in [9.17, 15) is 28.0 Å². The Labute approximate surface area is 171 Å². The highest BCUT2D eigenvalue weighted by Crippen LogP contribution is 2.31. The van der Waals surface area contributed by atoms with E-state index in [-0.39, 0.29) is 30.7 Å². The van der Waals surface area contributed by atoms with Gasteiger partial charge in [0.05, 0.1) is 12.5 Å². The average Bonchev–Trinajstić information content (AvgIpc) is 3.39. The maximum absolute atomic E-state index is 14.6. The molecule has 3 rings (SSSR count). The number of nitrogens with zero attached hydrogens (tertiary/aromatic N) is 3. The zero-order valence-corrected chi connectivity index (χ0v) is 16.3. The van der Waals surface area contributed by atoms with Crippen molar-refractivity contribution in [2.24, 2.45) is 11.8 Å². The number of anilines is 2. The van der Waals surface area contributed by atoms with Crippen molar-refractivity contribution in [3.8, 4) is 0 Å². The number of hydroxylamine groups is 2. The van der Waals surface area contributed by atoms with Crippen molar-refractivity contribution in [2.75, 3.05) is 17.3 Å². The minimum absolute atomic E-state index is 0.0305. The van der Waals surface area contributed by atoms with Crippen LogP contribution in [0.25, 0.3) is 0 Å². The molecular formula is C18H25F3N6O3. The molecule has 4 N–H and O–H groups in total. The molecule has 30 heavy (non-hydrogen) atoms. The molecule has 2 saturated carbocycles. The second-order valence-corrected chi connectivity index (χ2v) is 7.74. The van der Waals surface area contributed by atoms with Crippen LogP contribution in [0.3, 0.4) is 0 Å². The maximum atomic E-state index is 14.6. The van der Waals surface area contributed by atoms with Gasteiger partial charge in [-0.1, -0.05) is 25.7 Å². The van der Waals surface area contributed by atoms with E-state index in [1.54, 1.807) is 0 Å². The van der Waals surface area contributed by atoms with Gasteiger partial charge in [0.25, 0.3) is 6.43 Å². The molecule has 2 amide bonds. The second kappa shape index (κ2) is 9.92. The van der Waals surface area contributed by atoms with Crippen molar-refractivity contribution in [1.29, 1.82) is 0 Å². The van der Waals surface area contributed by atoms with E-state index in [2.05, 4.69) is 26.1 Å². The lowest BCUT2D eigenvalue weighted by molar-refractivity contribution is -0.154. The van der Waals surface area contributed by atoms with Gasteiger partial charge in [0, 0.05) is 6.04 Å². The van der Waals surface area contributed by atoms with E-state index in [1.807, 2.05) is 0 Å². The van der Waals surface area contributed by atoms with Gasteiger partial charge >= 0.3 is 0 Å². The topological polar surface area (TPSA) is 119 Å². The first-order valence-electron chi connectivity index (χ1n) is 9.96. The lowest BCUT2D eigenvalue weighted by Gasteiger charge is -2.22. The number of carbonyl (C=O) groups excluding carboxylic acids is 2. The largest absolute Gasteiger partial charge is 0.365 e. The monoisotopic (exact) mass is 430 g/mol. The Morgan fingerprint density at radius 1 is 1.20 bits per heavy atom. The van der Waals surface area contributed by atoms with Gasteiger partial charge in [0.15, 0.2) is 17.5 Å². The van der Waals surface area contributed by atoms with Gasteiger partial charge in [-0.15, -0.1) is 0 Å². The lowest BCUT2D eigenvalue weighted by Crippen LogP contribution is -2.41. The van der Waals surface area contributed by atoms with Crippen molar-refractivity contribution in [3.63, 3.8) is 0 Å². The first-order chi connectivity index (χ1) is 14.4. The van der Waals surface area contributed by atoms with Crippen LogP contribution in [0.15, 0.2) is 0 Å². The van der Waals surface area contributed by atoms with Gasteiger partial charge in [-0.05, 0) is 25.2 Å². The third-order valence-electron chi connectivity index (χ3n) is 5.28. The number of hydrazine groups is 1. The number of alkyl halides is 2. The van der Waals surface area contributed by atoms with Crippen LogP contribution in [0.2, 0.25) is 0 Å². The van der Waals surface area contributed by atoms with Crippen LogP contribution in [0.4, 0.5) is 24.8 Å². The Kier molecular flexibility index (Phi) is 7.29. The Morgan fingerprint density at radius 3 is 2.47 bits per heavy atom. The zero-order chi connectivity index (χ0) is 21.7. The molecule has 1 atom stereocenters. The highest BCUT2D eigenvalue weighted by molar-refractivity contribution is 5.80. The Hall–Kier alpha value is -2.63. The van der Waals surface area contributed by atoms with Crippen LogP contribution in [0, 0.1) is 17.7 Å². The fraction of sp³-hybridized carbons (Fsp3) is 0.667. The van der Waals surface area contributed by atoms with E-state index < -0.39 is 35.7 Å².